The average molecular weight is 248 g/mol. The lowest BCUT2D eigenvalue weighted by atomic mass is 10.3. The Kier molecular flexibility index (Phi) is 2.64. The second-order valence-electron chi connectivity index (χ2n) is 4.10. The molecule has 1 aliphatic rings. The quantitative estimate of drug-likeness (QED) is 0.898. The molecule has 0 bridgehead atoms. The van der Waals surface area contributed by atoms with Gasteiger partial charge in [0, 0.05) is 23.7 Å². The van der Waals surface area contributed by atoms with E-state index in [4.69, 9.17) is 0 Å². The van der Waals surface area contributed by atoms with E-state index in [0.717, 1.165) is 5.69 Å². The lowest BCUT2D eigenvalue weighted by molar-refractivity contribution is -0.116. The summed E-state index contributed by atoms with van der Waals surface area (Å²) in [6.07, 6.45) is 5.87. The lowest BCUT2D eigenvalue weighted by Crippen LogP contribution is -2.18. The van der Waals surface area contributed by atoms with Crippen LogP contribution < -0.4 is 5.32 Å². The summed E-state index contributed by atoms with van der Waals surface area (Å²) in [7, 11) is 0. The summed E-state index contributed by atoms with van der Waals surface area (Å²) in [4.78, 5) is 16.1. The van der Waals surface area contributed by atoms with Crippen LogP contribution in [-0.2, 0) is 11.3 Å². The van der Waals surface area contributed by atoms with E-state index < -0.39 is 0 Å². The minimum absolute atomic E-state index is 0.0922. The Morgan fingerprint density at radius 1 is 1.59 bits per heavy atom. The Hall–Kier alpha value is -1.69. The topological polar surface area (TPSA) is 59.8 Å². The normalized spacial score (nSPS) is 14.8. The molecule has 0 atom stereocenters. The maximum absolute atomic E-state index is 11.7. The number of amides is 1. The van der Waals surface area contributed by atoms with Gasteiger partial charge in [-0.3, -0.25) is 9.48 Å². The molecule has 2 aromatic heterocycles. The fourth-order valence-electron chi connectivity index (χ4n) is 1.61. The van der Waals surface area contributed by atoms with Crippen molar-refractivity contribution in [2.75, 3.05) is 5.32 Å². The molecule has 6 heteroatoms. The van der Waals surface area contributed by atoms with Gasteiger partial charge in [0.25, 0.3) is 0 Å². The summed E-state index contributed by atoms with van der Waals surface area (Å²) in [5, 5.41) is 9.48. The molecular formula is C11H12N4OS. The van der Waals surface area contributed by atoms with E-state index in [-0.39, 0.29) is 12.5 Å². The van der Waals surface area contributed by atoms with Crippen molar-refractivity contribution < 1.29 is 4.79 Å². The van der Waals surface area contributed by atoms with E-state index in [2.05, 4.69) is 15.4 Å². The summed E-state index contributed by atoms with van der Waals surface area (Å²) in [5.41, 5.74) is 1.12. The largest absolute Gasteiger partial charge is 0.300 e. The van der Waals surface area contributed by atoms with Crippen LogP contribution in [0.25, 0.3) is 0 Å². The van der Waals surface area contributed by atoms with Gasteiger partial charge in [0.2, 0.25) is 5.91 Å². The van der Waals surface area contributed by atoms with Crippen LogP contribution in [0.1, 0.15) is 24.5 Å². The van der Waals surface area contributed by atoms with E-state index >= 15 is 0 Å². The molecule has 1 amide bonds. The molecule has 1 fully saturated rings. The van der Waals surface area contributed by atoms with Crippen molar-refractivity contribution in [3.05, 3.63) is 29.5 Å². The Labute approximate surface area is 102 Å². The number of thiazole rings is 1. The average Bonchev–Trinajstić information content (AvgIpc) is 2.84. The maximum Gasteiger partial charge on any atom is 0.247 e. The molecule has 88 valence electrons. The number of hydrogen-bond donors (Lipinski definition) is 1. The number of nitrogens with one attached hydrogen (secondary N) is 1. The molecule has 0 radical (unpaired) electrons. The molecule has 1 N–H and O–H groups in total. The fraction of sp³-hybridized carbons (Fsp3) is 0.364. The third-order valence-electron chi connectivity index (χ3n) is 2.63. The molecule has 17 heavy (non-hydrogen) atoms. The molecule has 2 heterocycles. The van der Waals surface area contributed by atoms with Gasteiger partial charge in [0.15, 0.2) is 5.13 Å². The van der Waals surface area contributed by atoms with Crippen LogP contribution in [0, 0.1) is 0 Å². The summed E-state index contributed by atoms with van der Waals surface area (Å²) in [6, 6.07) is 1.79. The van der Waals surface area contributed by atoms with Gasteiger partial charge >= 0.3 is 0 Å². The third kappa shape index (κ3) is 2.52. The van der Waals surface area contributed by atoms with Crippen LogP contribution in [0.3, 0.4) is 0 Å². The third-order valence-corrected chi connectivity index (χ3v) is 3.40. The highest BCUT2D eigenvalue weighted by atomic mass is 32.1. The smallest absolute Gasteiger partial charge is 0.247 e. The van der Waals surface area contributed by atoms with Crippen LogP contribution >= 0.6 is 11.3 Å². The van der Waals surface area contributed by atoms with E-state index in [9.17, 15) is 4.79 Å². The van der Waals surface area contributed by atoms with Crippen molar-refractivity contribution in [3.8, 4) is 0 Å². The molecule has 1 saturated carbocycles. The van der Waals surface area contributed by atoms with Crippen molar-refractivity contribution in [2.45, 2.75) is 25.3 Å². The zero-order chi connectivity index (χ0) is 11.7. The van der Waals surface area contributed by atoms with E-state index in [1.54, 1.807) is 23.1 Å². The van der Waals surface area contributed by atoms with Crippen molar-refractivity contribution in [1.29, 1.82) is 0 Å². The number of nitrogens with zero attached hydrogens (tertiary/aromatic N) is 3. The highest BCUT2D eigenvalue weighted by molar-refractivity contribution is 7.13. The fourth-order valence-corrected chi connectivity index (χ4v) is 2.42. The number of anilines is 1. The number of hydrogen-bond acceptors (Lipinski definition) is 4. The second-order valence-corrected chi connectivity index (χ2v) is 4.96. The molecule has 0 spiro atoms. The number of rotatable bonds is 4. The highest BCUT2D eigenvalue weighted by Gasteiger charge is 2.26. The molecule has 0 unspecified atom stereocenters. The second kappa shape index (κ2) is 4.29. The highest BCUT2D eigenvalue weighted by Crippen LogP contribution is 2.40. The SMILES string of the molecule is O=C(Cn1cccn1)Nc1nc(C2CC2)cs1. The molecular weight excluding hydrogens is 236 g/mol. The van der Waals surface area contributed by atoms with Crippen LogP contribution in [0.15, 0.2) is 23.8 Å². The summed E-state index contributed by atoms with van der Waals surface area (Å²) in [6.45, 7) is 0.228. The van der Waals surface area contributed by atoms with Gasteiger partial charge in [0.1, 0.15) is 6.54 Å². The first-order valence-electron chi connectivity index (χ1n) is 5.54. The number of carbonyl (C=O) groups is 1. The molecule has 3 rings (SSSR count). The van der Waals surface area contributed by atoms with E-state index in [1.165, 1.54) is 24.2 Å². The maximum atomic E-state index is 11.7. The van der Waals surface area contributed by atoms with E-state index in [0.29, 0.717) is 11.0 Å². The summed E-state index contributed by atoms with van der Waals surface area (Å²) < 4.78 is 1.59. The van der Waals surface area contributed by atoms with Gasteiger partial charge in [-0.2, -0.15) is 5.10 Å². The standard InChI is InChI=1S/C11H12N4OS/c16-10(6-15-5-1-4-12-15)14-11-13-9(7-17-11)8-2-3-8/h1,4-5,7-8H,2-3,6H2,(H,13,14,16). The van der Waals surface area contributed by atoms with Crippen LogP contribution in [0.5, 0.6) is 0 Å². The van der Waals surface area contributed by atoms with Gasteiger partial charge in [0.05, 0.1) is 5.69 Å². The van der Waals surface area contributed by atoms with Gasteiger partial charge < -0.3 is 5.32 Å². The minimum atomic E-state index is -0.0922. The van der Waals surface area contributed by atoms with Crippen molar-refractivity contribution in [2.24, 2.45) is 0 Å². The first-order chi connectivity index (χ1) is 8.31. The van der Waals surface area contributed by atoms with Crippen LogP contribution in [0.2, 0.25) is 0 Å². The number of aromatic nitrogens is 3. The van der Waals surface area contributed by atoms with Crippen molar-refractivity contribution in [1.82, 2.24) is 14.8 Å². The van der Waals surface area contributed by atoms with E-state index in [1.807, 2.05) is 5.38 Å². The summed E-state index contributed by atoms with van der Waals surface area (Å²) in [5.74, 6) is 0.536. The number of carbonyl (C=O) groups excluding carboxylic acids is 1. The first kappa shape index (κ1) is 10.5. The Balaban J connectivity index is 1.59. The van der Waals surface area contributed by atoms with Crippen LogP contribution in [0.4, 0.5) is 5.13 Å². The van der Waals surface area contributed by atoms with Gasteiger partial charge in [-0.15, -0.1) is 11.3 Å². The first-order valence-corrected chi connectivity index (χ1v) is 6.42. The molecule has 2 aromatic rings. The predicted octanol–water partition coefficient (Wildman–Crippen LogP) is 1.86. The lowest BCUT2D eigenvalue weighted by Gasteiger charge is -2.01. The van der Waals surface area contributed by atoms with Gasteiger partial charge in [-0.25, -0.2) is 4.98 Å². The molecule has 0 saturated heterocycles. The van der Waals surface area contributed by atoms with Crippen molar-refractivity contribution in [3.63, 3.8) is 0 Å². The minimum Gasteiger partial charge on any atom is -0.300 e. The molecule has 0 aromatic carbocycles. The predicted molar refractivity (Wildman–Crippen MR) is 64.9 cm³/mol. The Morgan fingerprint density at radius 2 is 2.47 bits per heavy atom. The Morgan fingerprint density at radius 3 is 3.18 bits per heavy atom. The molecule has 0 aliphatic heterocycles. The molecule has 5 nitrogen and oxygen atoms in total. The Bertz CT molecular complexity index is 515. The summed E-state index contributed by atoms with van der Waals surface area (Å²) >= 11 is 1.49. The van der Waals surface area contributed by atoms with Crippen molar-refractivity contribution >= 4 is 22.4 Å². The zero-order valence-corrected chi connectivity index (χ0v) is 9.98. The van der Waals surface area contributed by atoms with Crippen LogP contribution in [-0.4, -0.2) is 20.7 Å². The zero-order valence-electron chi connectivity index (χ0n) is 9.17. The van der Waals surface area contributed by atoms with Gasteiger partial charge in [-0.05, 0) is 18.9 Å². The molecule has 1 aliphatic carbocycles. The monoisotopic (exact) mass is 248 g/mol. The van der Waals surface area contributed by atoms with Gasteiger partial charge in [-0.1, -0.05) is 0 Å².